The van der Waals surface area contributed by atoms with Gasteiger partial charge in [-0.05, 0) is 81.5 Å². The molecule has 0 aliphatic heterocycles. The average Bonchev–Trinajstić information content (AvgIpc) is 3.25. The van der Waals surface area contributed by atoms with Crippen LogP contribution in [-0.2, 0) is 17.6 Å². The molecule has 6 nitrogen and oxygen atoms in total. The zero-order valence-corrected chi connectivity index (χ0v) is 21.4. The molecule has 184 valence electrons. The van der Waals surface area contributed by atoms with Crippen LogP contribution in [0.25, 0.3) is 22.2 Å². The molecule has 0 atom stereocenters. The number of para-hydroxylation sites is 1. The highest BCUT2D eigenvalue weighted by atomic mass is 32.1. The van der Waals surface area contributed by atoms with Gasteiger partial charge in [-0.3, -0.25) is 4.79 Å². The summed E-state index contributed by atoms with van der Waals surface area (Å²) >= 11 is 1.48. The first-order valence-electron chi connectivity index (χ1n) is 12.2. The highest BCUT2D eigenvalue weighted by molar-refractivity contribution is 7.17. The van der Waals surface area contributed by atoms with Gasteiger partial charge in [0.15, 0.2) is 0 Å². The maximum Gasteiger partial charge on any atom is 0.341 e. The van der Waals surface area contributed by atoms with Crippen LogP contribution in [0.1, 0.15) is 57.8 Å². The Morgan fingerprint density at radius 3 is 2.53 bits per heavy atom. The molecule has 5 rings (SSSR count). The number of nitrogens with zero attached hydrogens (tertiary/aromatic N) is 1. The Balaban J connectivity index is 1.54. The van der Waals surface area contributed by atoms with Crippen LogP contribution in [0.3, 0.4) is 0 Å². The number of aryl methyl sites for hydroxylation is 1. The quantitative estimate of drug-likeness (QED) is 0.299. The van der Waals surface area contributed by atoms with Crippen molar-refractivity contribution in [1.82, 2.24) is 4.98 Å². The van der Waals surface area contributed by atoms with Crippen LogP contribution < -0.4 is 10.1 Å². The number of carbonyl (C=O) groups is 2. The molecule has 0 spiro atoms. The van der Waals surface area contributed by atoms with Gasteiger partial charge >= 0.3 is 5.97 Å². The number of esters is 1. The Labute approximate surface area is 214 Å². The molecule has 0 saturated carbocycles. The number of hydrogen-bond donors (Lipinski definition) is 1. The summed E-state index contributed by atoms with van der Waals surface area (Å²) in [5.74, 6) is 0.0940. The van der Waals surface area contributed by atoms with Gasteiger partial charge in [-0.25, -0.2) is 9.78 Å². The zero-order chi connectivity index (χ0) is 25.2. The Kier molecular flexibility index (Phi) is 6.74. The maximum atomic E-state index is 13.7. The van der Waals surface area contributed by atoms with E-state index < -0.39 is 5.97 Å². The number of carbonyl (C=O) groups excluding carboxylic acids is 2. The third kappa shape index (κ3) is 4.71. The summed E-state index contributed by atoms with van der Waals surface area (Å²) in [5.41, 5.74) is 4.30. The molecule has 1 amide bonds. The summed E-state index contributed by atoms with van der Waals surface area (Å²) in [5, 5.41) is 4.33. The lowest BCUT2D eigenvalue weighted by Crippen LogP contribution is -2.16. The molecule has 1 aliphatic rings. The van der Waals surface area contributed by atoms with Crippen LogP contribution in [0.4, 0.5) is 5.00 Å². The van der Waals surface area contributed by atoms with Crippen molar-refractivity contribution < 1.29 is 19.1 Å². The molecule has 1 N–H and O–H groups in total. The first-order chi connectivity index (χ1) is 17.4. The number of pyridine rings is 1. The largest absolute Gasteiger partial charge is 0.491 e. The number of anilines is 1. The number of ether oxygens (including phenoxy) is 2. The van der Waals surface area contributed by atoms with Gasteiger partial charge in [0.1, 0.15) is 10.8 Å². The first-order valence-corrected chi connectivity index (χ1v) is 13.0. The van der Waals surface area contributed by atoms with E-state index in [-0.39, 0.29) is 12.0 Å². The predicted molar refractivity (Wildman–Crippen MR) is 143 cm³/mol. The van der Waals surface area contributed by atoms with Crippen molar-refractivity contribution in [2.75, 3.05) is 12.4 Å². The molecule has 36 heavy (non-hydrogen) atoms. The van der Waals surface area contributed by atoms with Crippen LogP contribution in [0.5, 0.6) is 5.75 Å². The van der Waals surface area contributed by atoms with E-state index in [4.69, 9.17) is 14.5 Å². The lowest BCUT2D eigenvalue weighted by Gasteiger charge is -2.13. The van der Waals surface area contributed by atoms with Crippen LogP contribution in [0.2, 0.25) is 0 Å². The van der Waals surface area contributed by atoms with E-state index >= 15 is 0 Å². The molecule has 7 heteroatoms. The van der Waals surface area contributed by atoms with Gasteiger partial charge in [-0.2, -0.15) is 0 Å². The van der Waals surface area contributed by atoms with Gasteiger partial charge in [0, 0.05) is 15.8 Å². The molecule has 1 aliphatic carbocycles. The Hall–Kier alpha value is -3.71. The van der Waals surface area contributed by atoms with Gasteiger partial charge in [0.05, 0.1) is 35.6 Å². The van der Waals surface area contributed by atoms with Gasteiger partial charge in [-0.15, -0.1) is 11.3 Å². The van der Waals surface area contributed by atoms with Crippen molar-refractivity contribution in [3.05, 3.63) is 76.2 Å². The van der Waals surface area contributed by atoms with Crippen molar-refractivity contribution in [3.63, 3.8) is 0 Å². The Bertz CT molecular complexity index is 1440. The number of rotatable bonds is 6. The van der Waals surface area contributed by atoms with Crippen molar-refractivity contribution in [3.8, 4) is 17.0 Å². The molecule has 2 aromatic heterocycles. The summed E-state index contributed by atoms with van der Waals surface area (Å²) < 4.78 is 10.8. The summed E-state index contributed by atoms with van der Waals surface area (Å²) in [7, 11) is 1.38. The first kappa shape index (κ1) is 24.0. The highest BCUT2D eigenvalue weighted by Gasteiger charge is 2.27. The highest BCUT2D eigenvalue weighted by Crippen LogP contribution is 2.39. The van der Waals surface area contributed by atoms with Crippen molar-refractivity contribution in [2.24, 2.45) is 0 Å². The van der Waals surface area contributed by atoms with Crippen molar-refractivity contribution in [1.29, 1.82) is 0 Å². The summed E-state index contributed by atoms with van der Waals surface area (Å²) in [6.07, 6.45) is 3.94. The zero-order valence-electron chi connectivity index (χ0n) is 20.6. The molecule has 0 bridgehead atoms. The van der Waals surface area contributed by atoms with Crippen LogP contribution in [0.15, 0.2) is 54.6 Å². The van der Waals surface area contributed by atoms with Crippen LogP contribution in [0, 0.1) is 0 Å². The predicted octanol–water partition coefficient (Wildman–Crippen LogP) is 6.67. The van der Waals surface area contributed by atoms with E-state index in [1.807, 2.05) is 62.4 Å². The summed E-state index contributed by atoms with van der Waals surface area (Å²) in [4.78, 5) is 32.3. The Morgan fingerprint density at radius 1 is 1.03 bits per heavy atom. The van der Waals surface area contributed by atoms with Gasteiger partial charge in [0.2, 0.25) is 0 Å². The number of hydrogen-bond acceptors (Lipinski definition) is 6. The number of methoxy groups -OCH3 is 1. The van der Waals surface area contributed by atoms with E-state index in [2.05, 4.69) is 5.32 Å². The number of benzene rings is 2. The van der Waals surface area contributed by atoms with Gasteiger partial charge < -0.3 is 14.8 Å². The smallest absolute Gasteiger partial charge is 0.341 e. The van der Waals surface area contributed by atoms with Crippen molar-refractivity contribution in [2.45, 2.75) is 45.6 Å². The molecule has 0 unspecified atom stereocenters. The molecule has 0 fully saturated rings. The fraction of sp³-hybridized carbons (Fsp3) is 0.276. The lowest BCUT2D eigenvalue weighted by molar-refractivity contribution is 0.0601. The third-order valence-corrected chi connectivity index (χ3v) is 7.48. The molecular formula is C29H28N2O4S. The van der Waals surface area contributed by atoms with Crippen LogP contribution in [-0.4, -0.2) is 30.1 Å². The summed E-state index contributed by atoms with van der Waals surface area (Å²) in [6, 6.07) is 17.1. The maximum absolute atomic E-state index is 13.7. The number of thiophene rings is 1. The molecule has 0 saturated heterocycles. The van der Waals surface area contributed by atoms with Gasteiger partial charge in [-0.1, -0.05) is 18.2 Å². The molecular weight excluding hydrogens is 472 g/mol. The van der Waals surface area contributed by atoms with E-state index in [0.717, 1.165) is 58.3 Å². The normalized spacial score (nSPS) is 12.9. The molecule has 0 radical (unpaired) electrons. The molecule has 2 heterocycles. The second kappa shape index (κ2) is 10.1. The van der Waals surface area contributed by atoms with E-state index in [1.54, 1.807) is 6.07 Å². The van der Waals surface area contributed by atoms with Crippen molar-refractivity contribution >= 4 is 39.1 Å². The number of nitrogens with one attached hydrogen (secondary N) is 1. The summed E-state index contributed by atoms with van der Waals surface area (Å²) in [6.45, 7) is 3.97. The minimum Gasteiger partial charge on any atom is -0.491 e. The monoisotopic (exact) mass is 500 g/mol. The van der Waals surface area contributed by atoms with E-state index in [0.29, 0.717) is 21.8 Å². The average molecular weight is 501 g/mol. The van der Waals surface area contributed by atoms with Crippen LogP contribution >= 0.6 is 11.3 Å². The SMILES string of the molecule is COC(=O)c1c(NC(=O)c2cc(-c3ccc(OC(C)C)cc3)nc3ccccc23)sc2c1CCCC2. The molecule has 2 aromatic carbocycles. The van der Waals surface area contributed by atoms with E-state index in [9.17, 15) is 9.59 Å². The lowest BCUT2D eigenvalue weighted by atomic mass is 9.95. The number of amides is 1. The fourth-order valence-electron chi connectivity index (χ4n) is 4.63. The standard InChI is InChI=1S/C29H28N2O4S/c1-17(2)35-19-14-12-18(13-15-19)24-16-22(20-8-4-6-10-23(20)30-24)27(32)31-28-26(29(33)34-3)21-9-5-7-11-25(21)36-28/h4,6,8,10,12-17H,5,7,9,11H2,1-3H3,(H,31,32). The minimum absolute atomic E-state index is 0.0859. The fourth-order valence-corrected chi connectivity index (χ4v) is 5.90. The number of aromatic nitrogens is 1. The third-order valence-electron chi connectivity index (χ3n) is 6.27. The minimum atomic E-state index is -0.409. The number of fused-ring (bicyclic) bond motifs is 2. The van der Waals surface area contributed by atoms with E-state index in [1.165, 1.54) is 18.4 Å². The second-order valence-corrected chi connectivity index (χ2v) is 10.2. The second-order valence-electron chi connectivity index (χ2n) is 9.12. The Morgan fingerprint density at radius 2 is 1.78 bits per heavy atom. The molecule has 4 aromatic rings. The van der Waals surface area contributed by atoms with Gasteiger partial charge in [0.25, 0.3) is 5.91 Å². The topological polar surface area (TPSA) is 77.5 Å².